The lowest BCUT2D eigenvalue weighted by atomic mass is 10.0. The maximum Gasteiger partial charge on any atom is 0.269 e. The van der Waals surface area contributed by atoms with E-state index in [9.17, 15) is 14.9 Å². The molecule has 1 saturated heterocycles. The van der Waals surface area contributed by atoms with Crippen LogP contribution in [0.1, 0.15) is 31.2 Å². The fourth-order valence-electron chi connectivity index (χ4n) is 3.45. The lowest BCUT2D eigenvalue weighted by molar-refractivity contribution is -0.384. The number of carbonyl (C=O) groups is 1. The molecule has 1 fully saturated rings. The Kier molecular flexibility index (Phi) is 5.69. The molecule has 9 nitrogen and oxygen atoms in total. The van der Waals surface area contributed by atoms with Gasteiger partial charge in [-0.2, -0.15) is 4.98 Å². The number of nitrogens with zero attached hydrogens (tertiary/aromatic N) is 4. The summed E-state index contributed by atoms with van der Waals surface area (Å²) in [4.78, 5) is 29.3. The number of piperidine rings is 1. The van der Waals surface area contributed by atoms with E-state index in [0.29, 0.717) is 29.6 Å². The van der Waals surface area contributed by atoms with Crippen LogP contribution in [-0.4, -0.2) is 39.0 Å². The standard InChI is InChI=1S/C21H20N4O5/c26-19(14-29-17-6-2-1-3-7-17)24-13-5-4-8-18(24)21-22-20(23-30-21)15-9-11-16(12-10-15)25(27)28/h1-3,6-7,9-12,18H,4-5,8,13-14H2/t18-/m1/s1. The summed E-state index contributed by atoms with van der Waals surface area (Å²) in [6, 6.07) is 14.8. The van der Waals surface area contributed by atoms with Crippen LogP contribution in [0.25, 0.3) is 11.4 Å². The fraction of sp³-hybridized carbons (Fsp3) is 0.286. The molecule has 0 N–H and O–H groups in total. The molecule has 0 spiro atoms. The zero-order valence-electron chi connectivity index (χ0n) is 16.1. The number of non-ortho nitro benzene ring substituents is 1. The summed E-state index contributed by atoms with van der Waals surface area (Å²) in [6.45, 7) is 0.529. The summed E-state index contributed by atoms with van der Waals surface area (Å²) < 4.78 is 11.0. The van der Waals surface area contributed by atoms with Gasteiger partial charge in [0.15, 0.2) is 6.61 Å². The number of ether oxygens (including phenoxy) is 1. The van der Waals surface area contributed by atoms with Gasteiger partial charge in [0.2, 0.25) is 11.7 Å². The van der Waals surface area contributed by atoms with Gasteiger partial charge in [0.25, 0.3) is 11.6 Å². The summed E-state index contributed by atoms with van der Waals surface area (Å²) in [6.07, 6.45) is 2.57. The number of para-hydroxylation sites is 1. The number of nitro groups is 1. The zero-order chi connectivity index (χ0) is 20.9. The van der Waals surface area contributed by atoms with E-state index in [4.69, 9.17) is 9.26 Å². The van der Waals surface area contributed by atoms with Crippen LogP contribution in [-0.2, 0) is 4.79 Å². The van der Waals surface area contributed by atoms with Gasteiger partial charge in [-0.1, -0.05) is 23.4 Å². The number of hydrogen-bond acceptors (Lipinski definition) is 7. The number of aromatic nitrogens is 2. The molecule has 1 amide bonds. The lowest BCUT2D eigenvalue weighted by Crippen LogP contribution is -2.41. The molecule has 3 aromatic rings. The van der Waals surface area contributed by atoms with Crippen molar-refractivity contribution < 1.29 is 19.0 Å². The summed E-state index contributed by atoms with van der Waals surface area (Å²) in [5.74, 6) is 1.19. The number of rotatable bonds is 6. The molecule has 9 heteroatoms. The molecule has 2 aromatic carbocycles. The Morgan fingerprint density at radius 2 is 1.93 bits per heavy atom. The van der Waals surface area contributed by atoms with Gasteiger partial charge >= 0.3 is 0 Å². The number of likely N-dealkylation sites (tertiary alicyclic amines) is 1. The van der Waals surface area contributed by atoms with Crippen molar-refractivity contribution in [1.29, 1.82) is 0 Å². The Hall–Kier alpha value is -3.75. The quantitative estimate of drug-likeness (QED) is 0.451. The summed E-state index contributed by atoms with van der Waals surface area (Å²) >= 11 is 0. The van der Waals surface area contributed by atoms with E-state index in [0.717, 1.165) is 19.3 Å². The van der Waals surface area contributed by atoms with Crippen molar-refractivity contribution >= 4 is 11.6 Å². The molecule has 1 aliphatic heterocycles. The van der Waals surface area contributed by atoms with Gasteiger partial charge in [0.05, 0.1) is 4.92 Å². The summed E-state index contributed by atoms with van der Waals surface area (Å²) in [5, 5.41) is 14.8. The normalized spacial score (nSPS) is 16.3. The van der Waals surface area contributed by atoms with E-state index in [1.807, 2.05) is 18.2 Å². The van der Waals surface area contributed by atoms with Crippen molar-refractivity contribution in [2.24, 2.45) is 0 Å². The molecule has 0 bridgehead atoms. The van der Waals surface area contributed by atoms with Crippen LogP contribution < -0.4 is 4.74 Å². The van der Waals surface area contributed by atoms with Crippen molar-refractivity contribution in [3.8, 4) is 17.1 Å². The predicted molar refractivity (Wildman–Crippen MR) is 107 cm³/mol. The third kappa shape index (κ3) is 4.29. The Labute approximate surface area is 172 Å². The van der Waals surface area contributed by atoms with Crippen LogP contribution in [0.3, 0.4) is 0 Å². The Balaban J connectivity index is 1.47. The molecule has 30 heavy (non-hydrogen) atoms. The van der Waals surface area contributed by atoms with Crippen molar-refractivity contribution in [2.75, 3.05) is 13.2 Å². The molecule has 0 saturated carbocycles. The highest BCUT2D eigenvalue weighted by atomic mass is 16.6. The second-order valence-electron chi connectivity index (χ2n) is 6.96. The van der Waals surface area contributed by atoms with Crippen molar-refractivity contribution in [1.82, 2.24) is 15.0 Å². The number of amides is 1. The Morgan fingerprint density at radius 1 is 1.17 bits per heavy atom. The first kappa shape index (κ1) is 19.6. The first-order valence-corrected chi connectivity index (χ1v) is 9.67. The molecule has 1 aromatic heterocycles. The molecule has 154 valence electrons. The fourth-order valence-corrected chi connectivity index (χ4v) is 3.45. The van der Waals surface area contributed by atoms with Crippen LogP contribution in [0.4, 0.5) is 5.69 Å². The van der Waals surface area contributed by atoms with Crippen LogP contribution in [0, 0.1) is 10.1 Å². The van der Waals surface area contributed by atoms with Gasteiger partial charge in [-0.05, 0) is 43.5 Å². The SMILES string of the molecule is O=C(COc1ccccc1)N1CCCC[C@@H]1c1nc(-c2ccc([N+](=O)[O-])cc2)no1. The Morgan fingerprint density at radius 3 is 2.67 bits per heavy atom. The van der Waals surface area contributed by atoms with Gasteiger partial charge in [-0.15, -0.1) is 0 Å². The smallest absolute Gasteiger partial charge is 0.269 e. The summed E-state index contributed by atoms with van der Waals surface area (Å²) in [5.41, 5.74) is 0.599. The third-order valence-corrected chi connectivity index (χ3v) is 4.99. The van der Waals surface area contributed by atoms with E-state index < -0.39 is 4.92 Å². The molecule has 2 heterocycles. The van der Waals surface area contributed by atoms with Gasteiger partial charge in [0, 0.05) is 24.2 Å². The maximum absolute atomic E-state index is 12.8. The van der Waals surface area contributed by atoms with Gasteiger partial charge in [-0.3, -0.25) is 14.9 Å². The van der Waals surface area contributed by atoms with Gasteiger partial charge in [-0.25, -0.2) is 0 Å². The summed E-state index contributed by atoms with van der Waals surface area (Å²) in [7, 11) is 0. The maximum atomic E-state index is 12.8. The average molecular weight is 408 g/mol. The average Bonchev–Trinajstić information content (AvgIpc) is 3.28. The second-order valence-corrected chi connectivity index (χ2v) is 6.96. The van der Waals surface area contributed by atoms with E-state index in [-0.39, 0.29) is 24.2 Å². The van der Waals surface area contributed by atoms with E-state index in [1.165, 1.54) is 12.1 Å². The largest absolute Gasteiger partial charge is 0.484 e. The number of nitro benzene ring substituents is 1. The molecule has 0 aliphatic carbocycles. The van der Waals surface area contributed by atoms with E-state index >= 15 is 0 Å². The van der Waals surface area contributed by atoms with Crippen LogP contribution in [0.2, 0.25) is 0 Å². The van der Waals surface area contributed by atoms with E-state index in [2.05, 4.69) is 10.1 Å². The molecular weight excluding hydrogens is 388 g/mol. The monoisotopic (exact) mass is 408 g/mol. The number of hydrogen-bond donors (Lipinski definition) is 0. The van der Waals surface area contributed by atoms with Gasteiger partial charge in [0.1, 0.15) is 11.8 Å². The molecule has 1 atom stereocenters. The van der Waals surface area contributed by atoms with Crippen molar-refractivity contribution in [3.63, 3.8) is 0 Å². The Bertz CT molecular complexity index is 1020. The highest BCUT2D eigenvalue weighted by Crippen LogP contribution is 2.31. The van der Waals surface area contributed by atoms with Crippen LogP contribution in [0.5, 0.6) is 5.75 Å². The van der Waals surface area contributed by atoms with Crippen LogP contribution in [0.15, 0.2) is 59.1 Å². The highest BCUT2D eigenvalue weighted by molar-refractivity contribution is 5.78. The first-order chi connectivity index (χ1) is 14.6. The van der Waals surface area contributed by atoms with Crippen molar-refractivity contribution in [2.45, 2.75) is 25.3 Å². The third-order valence-electron chi connectivity index (χ3n) is 4.99. The highest BCUT2D eigenvalue weighted by Gasteiger charge is 2.32. The van der Waals surface area contributed by atoms with Crippen molar-refractivity contribution in [3.05, 3.63) is 70.6 Å². The minimum atomic E-state index is -0.464. The minimum absolute atomic E-state index is 0.00932. The lowest BCUT2D eigenvalue weighted by Gasteiger charge is -2.33. The zero-order valence-corrected chi connectivity index (χ0v) is 16.1. The second kappa shape index (κ2) is 8.73. The number of carbonyl (C=O) groups excluding carboxylic acids is 1. The van der Waals surface area contributed by atoms with E-state index in [1.54, 1.807) is 29.2 Å². The van der Waals surface area contributed by atoms with Crippen LogP contribution >= 0.6 is 0 Å². The first-order valence-electron chi connectivity index (χ1n) is 9.67. The topological polar surface area (TPSA) is 112 Å². The van der Waals surface area contributed by atoms with Gasteiger partial charge < -0.3 is 14.2 Å². The minimum Gasteiger partial charge on any atom is -0.484 e. The predicted octanol–water partition coefficient (Wildman–Crippen LogP) is 3.78. The molecular formula is C21H20N4O5. The molecule has 4 rings (SSSR count). The molecule has 1 aliphatic rings. The molecule has 0 radical (unpaired) electrons. The number of benzene rings is 2. The molecule has 0 unspecified atom stereocenters.